The lowest BCUT2D eigenvalue weighted by atomic mass is 9.93. The summed E-state index contributed by atoms with van der Waals surface area (Å²) in [7, 11) is -2.32. The first-order chi connectivity index (χ1) is 15.3. The van der Waals surface area contributed by atoms with Crippen molar-refractivity contribution in [2.75, 3.05) is 26.6 Å². The topological polar surface area (TPSA) is 101 Å². The summed E-state index contributed by atoms with van der Waals surface area (Å²) in [6, 6.07) is 9.57. The van der Waals surface area contributed by atoms with Crippen molar-refractivity contribution in [1.82, 2.24) is 0 Å². The largest absolute Gasteiger partial charge is 0.396 e. The van der Waals surface area contributed by atoms with Crippen molar-refractivity contribution in [2.24, 2.45) is 5.92 Å². The number of hydrogen-bond acceptors (Lipinski definition) is 8. The normalized spacial score (nSPS) is 24.8. The molecule has 0 amide bonds. The molecule has 1 N–H and O–H groups in total. The molecule has 0 aromatic heterocycles. The lowest BCUT2D eigenvalue weighted by Crippen LogP contribution is -2.52. The van der Waals surface area contributed by atoms with Crippen LogP contribution in [0.1, 0.15) is 44.6 Å². The van der Waals surface area contributed by atoms with Crippen LogP contribution < -0.4 is 0 Å². The maximum atomic E-state index is 12.2. The monoisotopic (exact) mass is 472 g/mol. The summed E-state index contributed by atoms with van der Waals surface area (Å²) in [5, 5.41) is 9.80. The molecule has 8 nitrogen and oxygen atoms in total. The van der Waals surface area contributed by atoms with Crippen molar-refractivity contribution in [3.05, 3.63) is 35.9 Å². The van der Waals surface area contributed by atoms with Gasteiger partial charge in [0.2, 0.25) is 0 Å². The highest BCUT2D eigenvalue weighted by Crippen LogP contribution is 2.40. The summed E-state index contributed by atoms with van der Waals surface area (Å²) in [6.45, 7) is 2.10. The van der Waals surface area contributed by atoms with Gasteiger partial charge in [-0.15, -0.1) is 0 Å². The zero-order chi connectivity index (χ0) is 23.2. The van der Waals surface area contributed by atoms with Crippen LogP contribution in [-0.2, 0) is 39.9 Å². The molecule has 182 valence electrons. The zero-order valence-electron chi connectivity index (χ0n) is 19.1. The van der Waals surface area contributed by atoms with Gasteiger partial charge in [-0.3, -0.25) is 4.18 Å². The Kier molecular flexibility index (Phi) is 9.08. The lowest BCUT2D eigenvalue weighted by molar-refractivity contribution is -0.209. The van der Waals surface area contributed by atoms with Crippen molar-refractivity contribution >= 4 is 10.1 Å². The Balaban J connectivity index is 1.88. The molecule has 5 atom stereocenters. The van der Waals surface area contributed by atoms with Crippen LogP contribution in [0.4, 0.5) is 0 Å². The second kappa shape index (κ2) is 11.4. The lowest BCUT2D eigenvalue weighted by Gasteiger charge is -2.37. The van der Waals surface area contributed by atoms with Gasteiger partial charge in [0.1, 0.15) is 18.3 Å². The van der Waals surface area contributed by atoms with Crippen LogP contribution in [0.15, 0.2) is 30.3 Å². The summed E-state index contributed by atoms with van der Waals surface area (Å²) < 4.78 is 54.3. The first-order valence-corrected chi connectivity index (χ1v) is 13.1. The van der Waals surface area contributed by atoms with Crippen LogP contribution in [0, 0.1) is 5.92 Å². The fraction of sp³-hybridized carbons (Fsp3) is 0.739. The Morgan fingerprint density at radius 2 is 1.84 bits per heavy atom. The molecular weight excluding hydrogens is 436 g/mol. The summed E-state index contributed by atoms with van der Waals surface area (Å²) >= 11 is 0. The molecule has 1 heterocycles. The quantitative estimate of drug-likeness (QED) is 0.491. The number of rotatable bonds is 11. The zero-order valence-corrected chi connectivity index (χ0v) is 20.0. The summed E-state index contributed by atoms with van der Waals surface area (Å²) in [4.78, 5) is 0. The number of aliphatic hydroxyl groups is 1. The van der Waals surface area contributed by atoms with Crippen LogP contribution >= 0.6 is 0 Å². The Hall–Kier alpha value is -1.07. The highest BCUT2D eigenvalue weighted by Gasteiger charge is 2.50. The molecular formula is C23H36O8S. The summed E-state index contributed by atoms with van der Waals surface area (Å²) in [5.74, 6) is -1.02. The molecule has 3 rings (SSSR count). The molecule has 1 aliphatic heterocycles. The van der Waals surface area contributed by atoms with Gasteiger partial charge in [-0.25, -0.2) is 0 Å². The van der Waals surface area contributed by atoms with Crippen LogP contribution in [0.5, 0.6) is 0 Å². The van der Waals surface area contributed by atoms with E-state index in [1.54, 1.807) is 0 Å². The highest BCUT2D eigenvalue weighted by molar-refractivity contribution is 7.86. The van der Waals surface area contributed by atoms with Crippen LogP contribution in [0.2, 0.25) is 0 Å². The van der Waals surface area contributed by atoms with Crippen molar-refractivity contribution < 1.29 is 36.7 Å². The van der Waals surface area contributed by atoms with Gasteiger partial charge in [-0.05, 0) is 18.4 Å². The first kappa shape index (κ1) is 25.6. The predicted molar refractivity (Wildman–Crippen MR) is 118 cm³/mol. The first-order valence-electron chi connectivity index (χ1n) is 11.3. The molecule has 1 spiro atoms. The van der Waals surface area contributed by atoms with Crippen LogP contribution in [0.3, 0.4) is 0 Å². The number of aliphatic hydroxyl groups excluding tert-OH is 1. The van der Waals surface area contributed by atoms with E-state index in [1.807, 2.05) is 37.3 Å². The molecule has 32 heavy (non-hydrogen) atoms. The van der Waals surface area contributed by atoms with E-state index in [4.69, 9.17) is 23.1 Å². The van der Waals surface area contributed by atoms with Crippen LogP contribution in [0.25, 0.3) is 0 Å². The molecule has 0 unspecified atom stereocenters. The number of benzene rings is 1. The van der Waals surface area contributed by atoms with E-state index in [0.29, 0.717) is 0 Å². The molecule has 1 saturated carbocycles. The summed E-state index contributed by atoms with van der Waals surface area (Å²) in [6.07, 6.45) is 2.60. The van der Waals surface area contributed by atoms with Crippen LogP contribution in [-0.4, -0.2) is 70.3 Å². The third-order valence-corrected chi connectivity index (χ3v) is 6.77. The van der Waals surface area contributed by atoms with Gasteiger partial charge in [0, 0.05) is 32.5 Å². The molecule has 2 fully saturated rings. The van der Waals surface area contributed by atoms with Gasteiger partial charge in [0.25, 0.3) is 10.1 Å². The number of methoxy groups -OCH3 is 1. The van der Waals surface area contributed by atoms with E-state index in [-0.39, 0.29) is 25.7 Å². The predicted octanol–water partition coefficient (Wildman–Crippen LogP) is 2.64. The van der Waals surface area contributed by atoms with E-state index in [0.717, 1.165) is 43.9 Å². The maximum Gasteiger partial charge on any atom is 0.264 e. The van der Waals surface area contributed by atoms with Gasteiger partial charge < -0.3 is 24.1 Å². The molecule has 9 heteroatoms. The smallest absolute Gasteiger partial charge is 0.264 e. The Morgan fingerprint density at radius 3 is 2.44 bits per heavy atom. The molecule has 0 radical (unpaired) electrons. The van der Waals surface area contributed by atoms with Gasteiger partial charge >= 0.3 is 0 Å². The average molecular weight is 473 g/mol. The van der Waals surface area contributed by atoms with E-state index >= 15 is 0 Å². The van der Waals surface area contributed by atoms with E-state index in [1.165, 1.54) is 7.11 Å². The highest BCUT2D eigenvalue weighted by atomic mass is 32.2. The van der Waals surface area contributed by atoms with E-state index < -0.39 is 40.3 Å². The standard InChI is InChI=1S/C23H36O8S/c1-17(14-24)20(27-2)22(28-15-18-10-6-4-7-11-18)21(31-32(3,25)26)19-16-29-23(30-19)12-8-5-9-13-23/h4,6-7,10-11,17,19-22,24H,5,8-9,12-16H2,1-3H3/t17-,19+,20-,21+,22+/m0/s1. The molecule has 1 aromatic carbocycles. The van der Waals surface area contributed by atoms with Gasteiger partial charge in [-0.2, -0.15) is 8.42 Å². The molecule has 1 saturated heterocycles. The van der Waals surface area contributed by atoms with Crippen molar-refractivity contribution in [3.63, 3.8) is 0 Å². The molecule has 0 bridgehead atoms. The molecule has 1 aromatic rings. The third-order valence-electron chi connectivity index (χ3n) is 6.20. The Bertz CT molecular complexity index is 793. The molecule has 1 aliphatic carbocycles. The minimum Gasteiger partial charge on any atom is -0.396 e. The van der Waals surface area contributed by atoms with Crippen molar-refractivity contribution in [2.45, 2.75) is 75.8 Å². The molecule has 2 aliphatic rings. The van der Waals surface area contributed by atoms with Gasteiger partial charge in [0.05, 0.1) is 25.6 Å². The SMILES string of the molecule is CO[C@H]([C@@H](OCc1ccccc1)[C@H](OS(C)(=O)=O)[C@H]1COC2(CCCCC2)O1)[C@@H](C)CO. The summed E-state index contributed by atoms with van der Waals surface area (Å²) in [5.41, 5.74) is 0.925. The van der Waals surface area contributed by atoms with E-state index in [2.05, 4.69) is 0 Å². The second-order valence-electron chi connectivity index (χ2n) is 8.83. The minimum atomic E-state index is -3.84. The van der Waals surface area contributed by atoms with Crippen molar-refractivity contribution in [1.29, 1.82) is 0 Å². The number of hydrogen-bond donors (Lipinski definition) is 1. The fourth-order valence-corrected chi connectivity index (χ4v) is 5.20. The van der Waals surface area contributed by atoms with Crippen molar-refractivity contribution in [3.8, 4) is 0 Å². The second-order valence-corrected chi connectivity index (χ2v) is 10.4. The maximum absolute atomic E-state index is 12.2. The van der Waals surface area contributed by atoms with Gasteiger partial charge in [0.15, 0.2) is 5.79 Å². The van der Waals surface area contributed by atoms with E-state index in [9.17, 15) is 13.5 Å². The Morgan fingerprint density at radius 1 is 1.16 bits per heavy atom. The third kappa shape index (κ3) is 6.72. The Labute approximate surface area is 191 Å². The minimum absolute atomic E-state index is 0.152. The fourth-order valence-electron chi connectivity index (χ4n) is 4.56. The van der Waals surface area contributed by atoms with Gasteiger partial charge in [-0.1, -0.05) is 43.7 Å². The average Bonchev–Trinajstić information content (AvgIpc) is 3.18. The number of ether oxygens (including phenoxy) is 4.